The Kier molecular flexibility index (Phi) is 3.73. The number of rotatable bonds is 4. The molecule has 1 aliphatic rings. The molecule has 1 atom stereocenters. The van der Waals surface area contributed by atoms with E-state index < -0.39 is 0 Å². The van der Waals surface area contributed by atoms with Crippen LogP contribution in [0, 0.1) is 5.82 Å². The van der Waals surface area contributed by atoms with Crippen molar-refractivity contribution in [1.82, 2.24) is 5.32 Å². The van der Waals surface area contributed by atoms with Crippen molar-refractivity contribution in [2.45, 2.75) is 38.3 Å². The van der Waals surface area contributed by atoms with Crippen LogP contribution in [0.2, 0.25) is 0 Å². The maximum atomic E-state index is 13.1. The summed E-state index contributed by atoms with van der Waals surface area (Å²) in [6.45, 7) is 2.13. The number of nitrogens with one attached hydrogen (secondary N) is 1. The molecular formula is C14H18FN. The van der Waals surface area contributed by atoms with E-state index in [1.54, 1.807) is 12.1 Å². The third-order valence-electron chi connectivity index (χ3n) is 3.10. The number of benzene rings is 1. The van der Waals surface area contributed by atoms with E-state index in [-0.39, 0.29) is 11.9 Å². The molecule has 0 fully saturated rings. The van der Waals surface area contributed by atoms with E-state index in [4.69, 9.17) is 0 Å². The molecule has 0 amide bonds. The Morgan fingerprint density at radius 1 is 1.38 bits per heavy atom. The Bertz CT molecular complexity index is 365. The maximum Gasteiger partial charge on any atom is 0.123 e. The molecule has 86 valence electrons. The molecule has 1 unspecified atom stereocenters. The Morgan fingerprint density at radius 3 is 2.75 bits per heavy atom. The predicted molar refractivity (Wildman–Crippen MR) is 64.7 cm³/mol. The third-order valence-corrected chi connectivity index (χ3v) is 3.10. The van der Waals surface area contributed by atoms with E-state index in [0.717, 1.165) is 24.8 Å². The van der Waals surface area contributed by atoms with Crippen LogP contribution in [0.3, 0.4) is 0 Å². The lowest BCUT2D eigenvalue weighted by molar-refractivity contribution is 0.437. The molecule has 1 N–H and O–H groups in total. The quantitative estimate of drug-likeness (QED) is 0.763. The van der Waals surface area contributed by atoms with Gasteiger partial charge in [-0.05, 0) is 37.0 Å². The highest BCUT2D eigenvalue weighted by molar-refractivity contribution is 5.20. The van der Waals surface area contributed by atoms with Gasteiger partial charge in [-0.2, -0.15) is 0 Å². The van der Waals surface area contributed by atoms with Gasteiger partial charge >= 0.3 is 0 Å². The first-order chi connectivity index (χ1) is 7.79. The van der Waals surface area contributed by atoms with Gasteiger partial charge in [0.05, 0.1) is 0 Å². The van der Waals surface area contributed by atoms with E-state index in [1.807, 2.05) is 6.07 Å². The smallest absolute Gasteiger partial charge is 0.123 e. The molecule has 0 radical (unpaired) electrons. The van der Waals surface area contributed by atoms with Crippen molar-refractivity contribution in [3.63, 3.8) is 0 Å². The highest BCUT2D eigenvalue weighted by Crippen LogP contribution is 2.21. The Labute approximate surface area is 96.4 Å². The van der Waals surface area contributed by atoms with Gasteiger partial charge in [0.25, 0.3) is 0 Å². The fourth-order valence-electron chi connectivity index (χ4n) is 2.21. The first-order valence-electron chi connectivity index (χ1n) is 5.96. The van der Waals surface area contributed by atoms with Crippen molar-refractivity contribution in [3.05, 3.63) is 47.8 Å². The van der Waals surface area contributed by atoms with Gasteiger partial charge in [-0.1, -0.05) is 31.2 Å². The van der Waals surface area contributed by atoms with Gasteiger partial charge in [0.1, 0.15) is 5.82 Å². The van der Waals surface area contributed by atoms with Gasteiger partial charge < -0.3 is 5.32 Å². The molecule has 0 saturated carbocycles. The molecule has 1 nitrogen and oxygen atoms in total. The van der Waals surface area contributed by atoms with Crippen LogP contribution in [-0.2, 0) is 0 Å². The second kappa shape index (κ2) is 5.26. The fraction of sp³-hybridized carbons (Fsp3) is 0.429. The molecule has 0 spiro atoms. The van der Waals surface area contributed by atoms with Gasteiger partial charge in [-0.25, -0.2) is 4.39 Å². The molecule has 2 rings (SSSR count). The predicted octanol–water partition coefficient (Wildman–Crippen LogP) is 3.59. The molecular weight excluding hydrogens is 201 g/mol. The van der Waals surface area contributed by atoms with E-state index in [0.29, 0.717) is 6.04 Å². The lowest BCUT2D eigenvalue weighted by atomic mass is 10.0. The molecule has 1 aliphatic carbocycles. The van der Waals surface area contributed by atoms with Crippen molar-refractivity contribution in [1.29, 1.82) is 0 Å². The largest absolute Gasteiger partial charge is 0.307 e. The van der Waals surface area contributed by atoms with E-state index in [1.165, 1.54) is 6.07 Å². The molecule has 1 aromatic rings. The van der Waals surface area contributed by atoms with Gasteiger partial charge in [0.2, 0.25) is 0 Å². The molecule has 16 heavy (non-hydrogen) atoms. The Morgan fingerprint density at radius 2 is 2.12 bits per heavy atom. The van der Waals surface area contributed by atoms with Crippen LogP contribution in [-0.4, -0.2) is 6.04 Å². The van der Waals surface area contributed by atoms with Gasteiger partial charge in [0.15, 0.2) is 0 Å². The van der Waals surface area contributed by atoms with Crippen LogP contribution in [0.4, 0.5) is 4.39 Å². The summed E-state index contributed by atoms with van der Waals surface area (Å²) in [6, 6.07) is 7.68. The summed E-state index contributed by atoms with van der Waals surface area (Å²) in [5, 5.41) is 3.58. The number of halogens is 1. The van der Waals surface area contributed by atoms with Crippen LogP contribution in [0.5, 0.6) is 0 Å². The Hall–Kier alpha value is -1.15. The van der Waals surface area contributed by atoms with Gasteiger partial charge in [0, 0.05) is 12.1 Å². The zero-order valence-corrected chi connectivity index (χ0v) is 9.62. The standard InChI is InChI=1S/C14H18FN/c1-2-14(16-13-8-3-4-9-13)11-6-5-7-12(15)10-11/h3-7,10,13-14,16H,2,8-9H2,1H3. The van der Waals surface area contributed by atoms with Crippen molar-refractivity contribution < 1.29 is 4.39 Å². The highest BCUT2D eigenvalue weighted by atomic mass is 19.1. The molecule has 2 heteroatoms. The molecule has 0 saturated heterocycles. The Balaban J connectivity index is 2.04. The normalized spacial score (nSPS) is 17.9. The summed E-state index contributed by atoms with van der Waals surface area (Å²) in [5.74, 6) is -0.151. The van der Waals surface area contributed by atoms with Crippen molar-refractivity contribution in [3.8, 4) is 0 Å². The van der Waals surface area contributed by atoms with E-state index in [2.05, 4.69) is 24.4 Å². The summed E-state index contributed by atoms with van der Waals surface area (Å²) in [7, 11) is 0. The second-order valence-corrected chi connectivity index (χ2v) is 4.32. The van der Waals surface area contributed by atoms with Crippen LogP contribution < -0.4 is 5.32 Å². The molecule has 0 aliphatic heterocycles. The van der Waals surface area contributed by atoms with Crippen LogP contribution in [0.25, 0.3) is 0 Å². The zero-order chi connectivity index (χ0) is 11.4. The molecule has 0 heterocycles. The summed E-state index contributed by atoms with van der Waals surface area (Å²) in [4.78, 5) is 0. The van der Waals surface area contributed by atoms with Crippen LogP contribution >= 0.6 is 0 Å². The minimum atomic E-state index is -0.151. The monoisotopic (exact) mass is 219 g/mol. The lowest BCUT2D eigenvalue weighted by Crippen LogP contribution is -2.30. The summed E-state index contributed by atoms with van der Waals surface area (Å²) in [6.07, 6.45) is 7.57. The second-order valence-electron chi connectivity index (χ2n) is 4.32. The first-order valence-corrected chi connectivity index (χ1v) is 5.96. The zero-order valence-electron chi connectivity index (χ0n) is 9.62. The average molecular weight is 219 g/mol. The highest BCUT2D eigenvalue weighted by Gasteiger charge is 2.16. The third kappa shape index (κ3) is 2.70. The summed E-state index contributed by atoms with van der Waals surface area (Å²) in [5.41, 5.74) is 1.05. The fourth-order valence-corrected chi connectivity index (χ4v) is 2.21. The SMILES string of the molecule is CCC(NC1CC=CC1)c1cccc(F)c1. The minimum Gasteiger partial charge on any atom is -0.307 e. The van der Waals surface area contributed by atoms with Crippen molar-refractivity contribution in [2.24, 2.45) is 0 Å². The van der Waals surface area contributed by atoms with Crippen LogP contribution in [0.15, 0.2) is 36.4 Å². The average Bonchev–Trinajstić information content (AvgIpc) is 2.78. The maximum absolute atomic E-state index is 13.1. The number of hydrogen-bond acceptors (Lipinski definition) is 1. The minimum absolute atomic E-state index is 0.151. The van der Waals surface area contributed by atoms with E-state index in [9.17, 15) is 4.39 Å². The number of hydrogen-bond donors (Lipinski definition) is 1. The van der Waals surface area contributed by atoms with Gasteiger partial charge in [-0.15, -0.1) is 0 Å². The first kappa shape index (κ1) is 11.3. The summed E-state index contributed by atoms with van der Waals surface area (Å²) < 4.78 is 13.1. The van der Waals surface area contributed by atoms with Crippen LogP contribution in [0.1, 0.15) is 37.8 Å². The van der Waals surface area contributed by atoms with Crippen molar-refractivity contribution >= 4 is 0 Å². The topological polar surface area (TPSA) is 12.0 Å². The van der Waals surface area contributed by atoms with Gasteiger partial charge in [-0.3, -0.25) is 0 Å². The molecule has 0 aromatic heterocycles. The summed E-state index contributed by atoms with van der Waals surface area (Å²) >= 11 is 0. The molecule has 0 bridgehead atoms. The lowest BCUT2D eigenvalue weighted by Gasteiger charge is -2.22. The molecule has 1 aromatic carbocycles. The van der Waals surface area contributed by atoms with Crippen molar-refractivity contribution in [2.75, 3.05) is 0 Å². The van der Waals surface area contributed by atoms with E-state index >= 15 is 0 Å².